The minimum atomic E-state index is -3.53. The topological polar surface area (TPSA) is 63.6 Å². The van der Waals surface area contributed by atoms with Gasteiger partial charge in [0.15, 0.2) is 9.84 Å². The number of sulfone groups is 1. The fraction of sp³-hybridized carbons (Fsp3) is 0.400. The molecule has 6 heteroatoms. The van der Waals surface area contributed by atoms with E-state index in [-0.39, 0.29) is 18.1 Å². The molecule has 1 N–H and O–H groups in total. The van der Waals surface area contributed by atoms with Gasteiger partial charge in [0, 0.05) is 4.47 Å². The Balaban J connectivity index is 2.42. The normalized spacial score (nSPS) is 19.1. The van der Waals surface area contributed by atoms with Crippen LogP contribution in [0.25, 0.3) is 0 Å². The fourth-order valence-corrected chi connectivity index (χ4v) is 3.43. The number of hydrogen-bond acceptors (Lipinski definition) is 4. The van der Waals surface area contributed by atoms with Gasteiger partial charge in [-0.05, 0) is 24.3 Å². The van der Waals surface area contributed by atoms with E-state index in [1.807, 2.05) is 0 Å². The zero-order valence-corrected chi connectivity index (χ0v) is 10.8. The number of aliphatic hydroxyl groups excluding tert-OH is 1. The minimum Gasteiger partial charge on any atom is -0.395 e. The minimum absolute atomic E-state index is 0.0574. The van der Waals surface area contributed by atoms with Gasteiger partial charge in [-0.3, -0.25) is 0 Å². The van der Waals surface area contributed by atoms with Crippen LogP contribution >= 0.6 is 15.9 Å². The number of rotatable bonds is 3. The molecule has 16 heavy (non-hydrogen) atoms. The number of aliphatic hydroxyl groups is 1. The molecular weight excluding hydrogens is 296 g/mol. The summed E-state index contributed by atoms with van der Waals surface area (Å²) in [6, 6.07) is 6.37. The third-order valence-electron chi connectivity index (χ3n) is 2.71. The second kappa shape index (κ2) is 4.10. The van der Waals surface area contributed by atoms with Crippen molar-refractivity contribution in [3.63, 3.8) is 0 Å². The summed E-state index contributed by atoms with van der Waals surface area (Å²) < 4.78 is 29.0. The molecular formula is C10H11BrO4S. The van der Waals surface area contributed by atoms with Crippen molar-refractivity contribution in [1.29, 1.82) is 0 Å². The highest BCUT2D eigenvalue weighted by atomic mass is 79.9. The molecule has 1 aromatic rings. The van der Waals surface area contributed by atoms with Crippen LogP contribution in [0.5, 0.6) is 0 Å². The van der Waals surface area contributed by atoms with Gasteiger partial charge in [-0.2, -0.15) is 0 Å². The molecule has 0 atom stereocenters. The van der Waals surface area contributed by atoms with Crippen LogP contribution in [0.3, 0.4) is 0 Å². The summed E-state index contributed by atoms with van der Waals surface area (Å²) in [4.78, 5) is 0.216. The van der Waals surface area contributed by atoms with Crippen LogP contribution in [0, 0.1) is 0 Å². The van der Waals surface area contributed by atoms with Gasteiger partial charge in [0.1, 0.15) is 4.75 Å². The Bertz CT molecular complexity index is 471. The van der Waals surface area contributed by atoms with Crippen molar-refractivity contribution in [3.05, 3.63) is 28.7 Å². The zero-order valence-electron chi connectivity index (χ0n) is 8.39. The van der Waals surface area contributed by atoms with E-state index < -0.39 is 21.2 Å². The Morgan fingerprint density at radius 1 is 1.31 bits per heavy atom. The summed E-state index contributed by atoms with van der Waals surface area (Å²) in [6.07, 6.45) is 0. The van der Waals surface area contributed by atoms with Gasteiger partial charge < -0.3 is 9.84 Å². The molecule has 1 aliphatic rings. The summed E-state index contributed by atoms with van der Waals surface area (Å²) in [6.45, 7) is -0.296. The summed E-state index contributed by atoms with van der Waals surface area (Å²) >= 11 is 3.24. The molecule has 0 aromatic heterocycles. The predicted molar refractivity (Wildman–Crippen MR) is 62.0 cm³/mol. The molecule has 1 heterocycles. The molecule has 0 amide bonds. The molecule has 0 radical (unpaired) electrons. The first-order chi connectivity index (χ1) is 7.52. The van der Waals surface area contributed by atoms with Gasteiger partial charge in [-0.1, -0.05) is 15.9 Å². The van der Waals surface area contributed by atoms with Crippen LogP contribution < -0.4 is 0 Å². The van der Waals surface area contributed by atoms with Crippen LogP contribution in [-0.2, 0) is 14.6 Å². The molecule has 0 unspecified atom stereocenters. The Kier molecular flexibility index (Phi) is 3.09. The molecule has 0 bridgehead atoms. The average molecular weight is 307 g/mol. The van der Waals surface area contributed by atoms with Crippen molar-refractivity contribution in [3.8, 4) is 0 Å². The van der Waals surface area contributed by atoms with Gasteiger partial charge >= 0.3 is 0 Å². The molecule has 0 spiro atoms. The van der Waals surface area contributed by atoms with Gasteiger partial charge in [0.2, 0.25) is 0 Å². The van der Waals surface area contributed by atoms with E-state index in [0.717, 1.165) is 4.47 Å². The van der Waals surface area contributed by atoms with E-state index in [2.05, 4.69) is 15.9 Å². The van der Waals surface area contributed by atoms with Gasteiger partial charge in [-0.25, -0.2) is 8.42 Å². The van der Waals surface area contributed by atoms with E-state index >= 15 is 0 Å². The monoisotopic (exact) mass is 306 g/mol. The SMILES string of the molecule is O=S(=O)(c1ccc(Br)cc1)C1(CO)COC1. The van der Waals surface area contributed by atoms with Crippen LogP contribution in [0.4, 0.5) is 0 Å². The van der Waals surface area contributed by atoms with Gasteiger partial charge in [0.05, 0.1) is 24.7 Å². The van der Waals surface area contributed by atoms with Crippen LogP contribution in [-0.4, -0.2) is 38.1 Å². The van der Waals surface area contributed by atoms with E-state index in [0.29, 0.717) is 0 Å². The van der Waals surface area contributed by atoms with Crippen molar-refractivity contribution < 1.29 is 18.3 Å². The largest absolute Gasteiger partial charge is 0.395 e. The van der Waals surface area contributed by atoms with Crippen LogP contribution in [0.1, 0.15) is 0 Å². The Hall–Kier alpha value is -0.430. The highest BCUT2D eigenvalue weighted by Crippen LogP contribution is 2.32. The van der Waals surface area contributed by atoms with Gasteiger partial charge in [-0.15, -0.1) is 0 Å². The fourth-order valence-electron chi connectivity index (χ4n) is 1.52. The smallest absolute Gasteiger partial charge is 0.190 e. The number of ether oxygens (including phenoxy) is 1. The summed E-state index contributed by atoms with van der Waals surface area (Å²) in [5.41, 5.74) is 0. The van der Waals surface area contributed by atoms with E-state index in [4.69, 9.17) is 4.74 Å². The third-order valence-corrected chi connectivity index (χ3v) is 5.64. The number of benzene rings is 1. The van der Waals surface area contributed by atoms with Crippen molar-refractivity contribution in [1.82, 2.24) is 0 Å². The summed E-state index contributed by atoms with van der Waals surface area (Å²) in [7, 11) is -3.53. The lowest BCUT2D eigenvalue weighted by Gasteiger charge is -2.38. The summed E-state index contributed by atoms with van der Waals surface area (Å²) in [5.74, 6) is 0. The molecule has 0 aliphatic carbocycles. The van der Waals surface area contributed by atoms with E-state index in [1.54, 1.807) is 12.1 Å². The first kappa shape index (κ1) is 12.0. The van der Waals surface area contributed by atoms with Crippen molar-refractivity contribution in [2.24, 2.45) is 0 Å². The molecule has 4 nitrogen and oxygen atoms in total. The lowest BCUT2D eigenvalue weighted by Crippen LogP contribution is -2.58. The quantitative estimate of drug-likeness (QED) is 0.904. The zero-order chi connectivity index (χ0) is 11.8. The average Bonchev–Trinajstić information content (AvgIpc) is 2.17. The Morgan fingerprint density at radius 2 is 1.88 bits per heavy atom. The lowest BCUT2D eigenvalue weighted by atomic mass is 10.1. The van der Waals surface area contributed by atoms with Crippen molar-refractivity contribution >= 4 is 25.8 Å². The van der Waals surface area contributed by atoms with Crippen molar-refractivity contribution in [2.45, 2.75) is 9.64 Å². The molecule has 1 saturated heterocycles. The highest BCUT2D eigenvalue weighted by molar-refractivity contribution is 9.10. The van der Waals surface area contributed by atoms with Crippen LogP contribution in [0.15, 0.2) is 33.6 Å². The predicted octanol–water partition coefficient (Wildman–Crippen LogP) is 0.984. The van der Waals surface area contributed by atoms with E-state index in [9.17, 15) is 13.5 Å². The van der Waals surface area contributed by atoms with Gasteiger partial charge in [0.25, 0.3) is 0 Å². The first-order valence-corrected chi connectivity index (χ1v) is 6.98. The number of halogens is 1. The maximum Gasteiger partial charge on any atom is 0.190 e. The second-order valence-electron chi connectivity index (χ2n) is 3.79. The first-order valence-electron chi connectivity index (χ1n) is 4.71. The molecule has 1 fully saturated rings. The highest BCUT2D eigenvalue weighted by Gasteiger charge is 2.50. The second-order valence-corrected chi connectivity index (χ2v) is 7.05. The summed E-state index contributed by atoms with van der Waals surface area (Å²) in [5, 5.41) is 9.22. The number of hydrogen-bond donors (Lipinski definition) is 1. The maximum absolute atomic E-state index is 12.2. The van der Waals surface area contributed by atoms with Crippen molar-refractivity contribution in [2.75, 3.05) is 19.8 Å². The lowest BCUT2D eigenvalue weighted by molar-refractivity contribution is -0.0367. The van der Waals surface area contributed by atoms with E-state index in [1.165, 1.54) is 12.1 Å². The maximum atomic E-state index is 12.2. The molecule has 1 aliphatic heterocycles. The molecule has 1 aromatic carbocycles. The molecule has 88 valence electrons. The molecule has 0 saturated carbocycles. The Labute approximate surface area is 102 Å². The standard InChI is InChI=1S/C10H11BrO4S/c11-8-1-3-9(4-2-8)16(13,14)10(5-12)6-15-7-10/h1-4,12H,5-7H2. The van der Waals surface area contributed by atoms with Crippen LogP contribution in [0.2, 0.25) is 0 Å². The third kappa shape index (κ3) is 1.69. The Morgan fingerprint density at radius 3 is 2.25 bits per heavy atom. The molecule has 2 rings (SSSR count).